The molecule has 1 aliphatic rings. The lowest BCUT2D eigenvalue weighted by Gasteiger charge is -2.26. The third-order valence-corrected chi connectivity index (χ3v) is 6.05. The van der Waals surface area contributed by atoms with Crippen LogP contribution in [0.4, 0.5) is 13.2 Å². The number of alkyl halides is 3. The summed E-state index contributed by atoms with van der Waals surface area (Å²) in [6.07, 6.45) is 0.360. The van der Waals surface area contributed by atoms with Gasteiger partial charge < -0.3 is 13.6 Å². The topological polar surface area (TPSA) is 55.8 Å². The van der Waals surface area contributed by atoms with Gasteiger partial charge in [0.05, 0.1) is 11.8 Å². The minimum absolute atomic E-state index is 0.0184. The van der Waals surface area contributed by atoms with Crippen LogP contribution in [0.3, 0.4) is 0 Å². The average Bonchev–Trinajstić information content (AvgIpc) is 3.28. The molecule has 0 spiro atoms. The molecule has 8 heteroatoms. The van der Waals surface area contributed by atoms with Gasteiger partial charge in [0, 0.05) is 28.9 Å². The molecule has 4 aromatic rings. The molecular weight excluding hydrogens is 435 g/mol. The molecule has 1 aliphatic heterocycles. The van der Waals surface area contributed by atoms with E-state index in [0.29, 0.717) is 23.9 Å². The lowest BCUT2D eigenvalue weighted by Crippen LogP contribution is -2.33. The van der Waals surface area contributed by atoms with Gasteiger partial charge in [0.15, 0.2) is 11.2 Å². The second-order valence-electron chi connectivity index (χ2n) is 8.16. The molecule has 5 rings (SSSR count). The summed E-state index contributed by atoms with van der Waals surface area (Å²) in [5, 5.41) is 0.814. The van der Waals surface area contributed by atoms with Crippen LogP contribution in [0.15, 0.2) is 62.4 Å². The number of furan rings is 1. The number of hydrogen-bond donors (Lipinski definition) is 0. The van der Waals surface area contributed by atoms with E-state index >= 15 is 0 Å². The van der Waals surface area contributed by atoms with Crippen molar-refractivity contribution in [2.45, 2.75) is 25.4 Å². The van der Waals surface area contributed by atoms with E-state index < -0.39 is 17.4 Å². The van der Waals surface area contributed by atoms with Crippen molar-refractivity contribution < 1.29 is 26.7 Å². The van der Waals surface area contributed by atoms with E-state index in [1.807, 2.05) is 0 Å². The quantitative estimate of drug-likeness (QED) is 0.340. The zero-order chi connectivity index (χ0) is 23.0. The van der Waals surface area contributed by atoms with Crippen LogP contribution in [0.5, 0.6) is 5.75 Å². The highest BCUT2D eigenvalue weighted by atomic mass is 19.4. The zero-order valence-electron chi connectivity index (χ0n) is 17.8. The summed E-state index contributed by atoms with van der Waals surface area (Å²) in [5.74, 6) is 0.230. The normalized spacial score (nSPS) is 15.4. The van der Waals surface area contributed by atoms with E-state index in [2.05, 4.69) is 4.90 Å². The molecule has 0 N–H and O–H groups in total. The number of rotatable bonds is 5. The first-order chi connectivity index (χ1) is 15.9. The number of fused-ring (bicyclic) bond motifs is 2. The summed E-state index contributed by atoms with van der Waals surface area (Å²) in [6.45, 7) is 3.03. The van der Waals surface area contributed by atoms with Crippen molar-refractivity contribution in [3.05, 3.63) is 64.7 Å². The molecule has 0 bridgehead atoms. The summed E-state index contributed by atoms with van der Waals surface area (Å²) in [6, 6.07) is 9.63. The maximum absolute atomic E-state index is 13.8. The maximum atomic E-state index is 13.8. The predicted octanol–water partition coefficient (Wildman–Crippen LogP) is 6.09. The molecule has 0 atom stereocenters. The Bertz CT molecular complexity index is 1350. The van der Waals surface area contributed by atoms with E-state index in [9.17, 15) is 18.0 Å². The highest BCUT2D eigenvalue weighted by Gasteiger charge is 2.35. The second-order valence-corrected chi connectivity index (χ2v) is 8.16. The summed E-state index contributed by atoms with van der Waals surface area (Å²) < 4.78 is 58.6. The van der Waals surface area contributed by atoms with Gasteiger partial charge in [-0.3, -0.25) is 4.90 Å². The van der Waals surface area contributed by atoms with Crippen LogP contribution in [0, 0.1) is 0 Å². The van der Waals surface area contributed by atoms with Gasteiger partial charge in [0.2, 0.25) is 5.75 Å². The van der Waals surface area contributed by atoms with Crippen LogP contribution in [0.25, 0.3) is 33.1 Å². The van der Waals surface area contributed by atoms with Crippen molar-refractivity contribution in [1.29, 1.82) is 0 Å². The van der Waals surface area contributed by atoms with Crippen LogP contribution < -0.4 is 10.4 Å². The maximum Gasteiger partial charge on any atom is 0.417 e. The number of nitrogens with zero attached hydrogens (tertiary/aromatic N) is 1. The third-order valence-electron chi connectivity index (χ3n) is 6.05. The fraction of sp³-hybridized carbons (Fsp3) is 0.320. The highest BCUT2D eigenvalue weighted by molar-refractivity contribution is 6.14. The Kier molecular flexibility index (Phi) is 5.62. The van der Waals surface area contributed by atoms with Gasteiger partial charge in [0.25, 0.3) is 0 Å². The molecule has 0 saturated carbocycles. The SMILES string of the molecule is O=c1ccc2c(-c3ccccc3C(F)(F)F)c3ccoc3c(OCCN3CCCCC3)c2o1. The molecular formula is C25H22F3NO4. The van der Waals surface area contributed by atoms with Gasteiger partial charge in [0.1, 0.15) is 6.61 Å². The highest BCUT2D eigenvalue weighted by Crippen LogP contribution is 2.46. The number of piperidine rings is 1. The van der Waals surface area contributed by atoms with Gasteiger partial charge in [-0.1, -0.05) is 24.6 Å². The Morgan fingerprint density at radius 3 is 2.48 bits per heavy atom. The molecule has 2 aromatic carbocycles. The smallest absolute Gasteiger partial charge is 0.417 e. The molecule has 1 fully saturated rings. The molecule has 0 amide bonds. The van der Waals surface area contributed by atoms with Gasteiger partial charge in [-0.2, -0.15) is 13.2 Å². The monoisotopic (exact) mass is 457 g/mol. The molecule has 0 radical (unpaired) electrons. The summed E-state index contributed by atoms with van der Waals surface area (Å²) in [5.41, 5.74) is -0.801. The van der Waals surface area contributed by atoms with E-state index in [4.69, 9.17) is 13.6 Å². The number of likely N-dealkylation sites (tertiary alicyclic amines) is 1. The van der Waals surface area contributed by atoms with Gasteiger partial charge in [-0.15, -0.1) is 0 Å². The lowest BCUT2D eigenvalue weighted by molar-refractivity contribution is -0.137. The van der Waals surface area contributed by atoms with Gasteiger partial charge in [-0.25, -0.2) is 4.79 Å². The molecule has 33 heavy (non-hydrogen) atoms. The Morgan fingerprint density at radius 2 is 1.70 bits per heavy atom. The molecule has 3 heterocycles. The standard InChI is InChI=1S/C25H22F3NO4/c26-25(27,28)19-7-3-2-6-16(19)21-17-8-9-20(30)33-23(17)24(22-18(21)10-14-31-22)32-15-13-29-11-4-1-5-12-29/h2-3,6-10,14H,1,4-5,11-13,15H2. The molecule has 1 saturated heterocycles. The van der Waals surface area contributed by atoms with E-state index in [1.165, 1.54) is 36.9 Å². The third kappa shape index (κ3) is 4.11. The van der Waals surface area contributed by atoms with E-state index in [0.717, 1.165) is 32.0 Å². The number of hydrogen-bond acceptors (Lipinski definition) is 5. The first-order valence-corrected chi connectivity index (χ1v) is 10.9. The number of benzene rings is 2. The van der Waals surface area contributed by atoms with E-state index in [-0.39, 0.29) is 28.0 Å². The molecule has 172 valence electrons. The zero-order valence-corrected chi connectivity index (χ0v) is 17.8. The molecule has 2 aromatic heterocycles. The molecule has 0 unspecified atom stereocenters. The van der Waals surface area contributed by atoms with Crippen LogP contribution in [0.2, 0.25) is 0 Å². The lowest BCUT2D eigenvalue weighted by atomic mass is 9.93. The Labute approximate surface area is 187 Å². The Balaban J connectivity index is 1.66. The Morgan fingerprint density at radius 1 is 0.939 bits per heavy atom. The number of ether oxygens (including phenoxy) is 1. The molecule has 5 nitrogen and oxygen atoms in total. The van der Waals surface area contributed by atoms with Crippen LogP contribution >= 0.6 is 0 Å². The van der Waals surface area contributed by atoms with Crippen LogP contribution in [-0.4, -0.2) is 31.1 Å². The fourth-order valence-electron chi connectivity index (χ4n) is 4.54. The van der Waals surface area contributed by atoms with Crippen molar-refractivity contribution >= 4 is 21.9 Å². The summed E-state index contributed by atoms with van der Waals surface area (Å²) in [4.78, 5) is 14.4. The first kappa shape index (κ1) is 21.6. The Hall–Kier alpha value is -3.26. The van der Waals surface area contributed by atoms with Crippen molar-refractivity contribution in [2.75, 3.05) is 26.2 Å². The second kappa shape index (κ2) is 8.59. The fourth-order valence-corrected chi connectivity index (χ4v) is 4.54. The predicted molar refractivity (Wildman–Crippen MR) is 118 cm³/mol. The van der Waals surface area contributed by atoms with Crippen LogP contribution in [-0.2, 0) is 6.18 Å². The first-order valence-electron chi connectivity index (χ1n) is 10.9. The van der Waals surface area contributed by atoms with Gasteiger partial charge >= 0.3 is 11.8 Å². The van der Waals surface area contributed by atoms with Crippen molar-refractivity contribution in [1.82, 2.24) is 4.90 Å². The largest absolute Gasteiger partial charge is 0.485 e. The van der Waals surface area contributed by atoms with Crippen molar-refractivity contribution in [3.63, 3.8) is 0 Å². The summed E-state index contributed by atoms with van der Waals surface area (Å²) in [7, 11) is 0. The van der Waals surface area contributed by atoms with Crippen molar-refractivity contribution in [2.24, 2.45) is 0 Å². The van der Waals surface area contributed by atoms with Gasteiger partial charge in [-0.05, 0) is 49.7 Å². The number of halogens is 3. The van der Waals surface area contributed by atoms with Crippen molar-refractivity contribution in [3.8, 4) is 16.9 Å². The summed E-state index contributed by atoms with van der Waals surface area (Å²) >= 11 is 0. The van der Waals surface area contributed by atoms with E-state index in [1.54, 1.807) is 12.1 Å². The van der Waals surface area contributed by atoms with Crippen LogP contribution in [0.1, 0.15) is 24.8 Å². The average molecular weight is 457 g/mol. The minimum Gasteiger partial charge on any atom is -0.485 e. The molecule has 0 aliphatic carbocycles. The minimum atomic E-state index is -4.56.